The van der Waals surface area contributed by atoms with Crippen LogP contribution in [0.5, 0.6) is 0 Å². The fourth-order valence-corrected chi connectivity index (χ4v) is 4.56. The van der Waals surface area contributed by atoms with Crippen molar-refractivity contribution in [2.75, 3.05) is 33.7 Å². The molecule has 0 fully saturated rings. The number of hydrogen-bond donors (Lipinski definition) is 1. The molecule has 1 amide bonds. The fraction of sp³-hybridized carbons (Fsp3) is 0.966. The molecule has 1 N–H and O–H groups in total. The molecule has 3 nitrogen and oxygen atoms in total. The summed E-state index contributed by atoms with van der Waals surface area (Å²) >= 11 is 0. The van der Waals surface area contributed by atoms with Crippen LogP contribution in [0.25, 0.3) is 0 Å². The van der Waals surface area contributed by atoms with Crippen molar-refractivity contribution < 1.29 is 9.28 Å². The Morgan fingerprint density at radius 3 is 1.38 bits per heavy atom. The summed E-state index contributed by atoms with van der Waals surface area (Å²) in [7, 11) is 4.69. The van der Waals surface area contributed by atoms with E-state index >= 15 is 0 Å². The van der Waals surface area contributed by atoms with Crippen molar-refractivity contribution in [2.24, 2.45) is 0 Å². The molecule has 192 valence electrons. The summed E-state index contributed by atoms with van der Waals surface area (Å²) in [6, 6.07) is 0. The molecule has 0 saturated heterocycles. The Morgan fingerprint density at radius 2 is 0.906 bits per heavy atom. The van der Waals surface area contributed by atoms with Crippen LogP contribution in [0.2, 0.25) is 0 Å². The van der Waals surface area contributed by atoms with Gasteiger partial charge in [0.2, 0.25) is 5.91 Å². The molecule has 0 spiro atoms. The fourth-order valence-electron chi connectivity index (χ4n) is 4.56. The molecule has 0 unspecified atom stereocenters. The number of quaternary nitrogens is 1. The zero-order chi connectivity index (χ0) is 23.8. The maximum Gasteiger partial charge on any atom is 0.219 e. The summed E-state index contributed by atoms with van der Waals surface area (Å²) in [5, 5.41) is 3.13. The van der Waals surface area contributed by atoms with E-state index in [4.69, 9.17) is 0 Å². The minimum atomic E-state index is 0.254. The van der Waals surface area contributed by atoms with E-state index in [1.54, 1.807) is 0 Å². The molecule has 0 aromatic heterocycles. The van der Waals surface area contributed by atoms with Gasteiger partial charge in [0.05, 0.1) is 27.2 Å². The lowest BCUT2D eigenvalue weighted by Gasteiger charge is -2.30. The van der Waals surface area contributed by atoms with E-state index in [2.05, 4.69) is 33.3 Å². The average Bonchev–Trinajstić information content (AvgIpc) is 2.77. The van der Waals surface area contributed by atoms with E-state index < -0.39 is 0 Å². The third-order valence-electron chi connectivity index (χ3n) is 6.89. The molecule has 0 aliphatic heterocycles. The molecule has 0 aromatic carbocycles. The van der Waals surface area contributed by atoms with Crippen LogP contribution in [-0.2, 0) is 4.79 Å². The van der Waals surface area contributed by atoms with Crippen molar-refractivity contribution >= 4 is 5.91 Å². The van der Waals surface area contributed by atoms with Crippen LogP contribution in [0, 0.1) is 0 Å². The van der Waals surface area contributed by atoms with Gasteiger partial charge in [-0.05, 0) is 19.3 Å². The first-order valence-corrected chi connectivity index (χ1v) is 14.6. The summed E-state index contributed by atoms with van der Waals surface area (Å²) in [4.78, 5) is 12.0. The number of nitrogens with zero attached hydrogens (tertiary/aromatic N) is 1. The molecule has 0 aromatic rings. The third-order valence-corrected chi connectivity index (χ3v) is 6.89. The number of amides is 1. The molecular weight excluding hydrogens is 392 g/mol. The highest BCUT2D eigenvalue weighted by Crippen LogP contribution is 2.13. The van der Waals surface area contributed by atoms with E-state index in [0.29, 0.717) is 6.42 Å². The van der Waals surface area contributed by atoms with Crippen molar-refractivity contribution in [3.05, 3.63) is 0 Å². The summed E-state index contributed by atoms with van der Waals surface area (Å²) in [6.07, 6.45) is 27.7. The second-order valence-electron chi connectivity index (χ2n) is 10.8. The van der Waals surface area contributed by atoms with Gasteiger partial charge in [0.25, 0.3) is 0 Å². The molecule has 0 radical (unpaired) electrons. The Balaban J connectivity index is 3.43. The van der Waals surface area contributed by atoms with Crippen LogP contribution in [0.4, 0.5) is 0 Å². The molecule has 0 saturated carbocycles. The van der Waals surface area contributed by atoms with E-state index in [1.807, 2.05) is 0 Å². The Hall–Kier alpha value is -0.570. The highest BCUT2D eigenvalue weighted by molar-refractivity contribution is 5.75. The van der Waals surface area contributed by atoms with Gasteiger partial charge in [0.15, 0.2) is 0 Å². The normalized spacial score (nSPS) is 11.8. The Bertz CT molecular complexity index is 395. The maximum absolute atomic E-state index is 12.0. The van der Waals surface area contributed by atoms with Gasteiger partial charge in [-0.3, -0.25) is 4.79 Å². The molecule has 0 rings (SSSR count). The number of unbranched alkanes of at least 4 members (excludes halogenated alkanes) is 17. The van der Waals surface area contributed by atoms with Gasteiger partial charge in [-0.25, -0.2) is 0 Å². The molecule has 32 heavy (non-hydrogen) atoms. The molecule has 0 aliphatic rings. The molecule has 0 heterocycles. The van der Waals surface area contributed by atoms with Crippen LogP contribution >= 0.6 is 0 Å². The lowest BCUT2D eigenvalue weighted by molar-refractivity contribution is -0.890. The Labute approximate surface area is 203 Å². The second-order valence-corrected chi connectivity index (χ2v) is 10.8. The molecular formula is C29H61N2O+. The third kappa shape index (κ3) is 24.1. The number of rotatable bonds is 25. The zero-order valence-corrected chi connectivity index (χ0v) is 22.8. The average molecular weight is 454 g/mol. The minimum Gasteiger partial charge on any atom is -0.356 e. The minimum absolute atomic E-state index is 0.254. The Morgan fingerprint density at radius 1 is 0.531 bits per heavy atom. The first-order valence-electron chi connectivity index (χ1n) is 14.6. The summed E-state index contributed by atoms with van der Waals surface area (Å²) in [6.45, 7) is 7.82. The summed E-state index contributed by atoms with van der Waals surface area (Å²) in [5.41, 5.74) is 0. The SMILES string of the molecule is CCCCCCCCCCCCCC[N+](C)(C)CCCNC(=O)CCCCCCCCC. The maximum atomic E-state index is 12.0. The number of carbonyl (C=O) groups excluding carboxylic acids is 1. The zero-order valence-electron chi connectivity index (χ0n) is 22.8. The van der Waals surface area contributed by atoms with Crippen LogP contribution < -0.4 is 5.32 Å². The highest BCUT2D eigenvalue weighted by Gasteiger charge is 2.14. The molecule has 0 bridgehead atoms. The Kier molecular flexibility index (Phi) is 23.2. The van der Waals surface area contributed by atoms with Gasteiger partial charge >= 0.3 is 0 Å². The van der Waals surface area contributed by atoms with Gasteiger partial charge in [-0.1, -0.05) is 117 Å². The van der Waals surface area contributed by atoms with Gasteiger partial charge in [-0.2, -0.15) is 0 Å². The van der Waals surface area contributed by atoms with Crippen LogP contribution in [0.3, 0.4) is 0 Å². The monoisotopic (exact) mass is 453 g/mol. The predicted molar refractivity (Wildman–Crippen MR) is 143 cm³/mol. The summed E-state index contributed by atoms with van der Waals surface area (Å²) in [5.74, 6) is 0.254. The number of carbonyl (C=O) groups is 1. The van der Waals surface area contributed by atoms with Gasteiger partial charge in [-0.15, -0.1) is 0 Å². The summed E-state index contributed by atoms with van der Waals surface area (Å²) < 4.78 is 1.09. The van der Waals surface area contributed by atoms with E-state index in [9.17, 15) is 4.79 Å². The van der Waals surface area contributed by atoms with Crippen LogP contribution in [0.15, 0.2) is 0 Å². The van der Waals surface area contributed by atoms with Gasteiger partial charge in [0, 0.05) is 19.4 Å². The molecule has 0 atom stereocenters. The van der Waals surface area contributed by atoms with Gasteiger partial charge in [0.1, 0.15) is 0 Å². The first kappa shape index (κ1) is 31.4. The van der Waals surface area contributed by atoms with Crippen LogP contribution in [-0.4, -0.2) is 44.1 Å². The molecule has 3 heteroatoms. The lowest BCUT2D eigenvalue weighted by atomic mass is 10.1. The predicted octanol–water partition coefficient (Wildman–Crippen LogP) is 8.41. The topological polar surface area (TPSA) is 29.1 Å². The quantitative estimate of drug-likeness (QED) is 0.109. The van der Waals surface area contributed by atoms with Crippen molar-refractivity contribution in [1.29, 1.82) is 0 Å². The van der Waals surface area contributed by atoms with Crippen LogP contribution in [0.1, 0.15) is 149 Å². The second kappa shape index (κ2) is 23.6. The largest absolute Gasteiger partial charge is 0.356 e. The molecule has 0 aliphatic carbocycles. The van der Waals surface area contributed by atoms with Gasteiger partial charge < -0.3 is 9.80 Å². The van der Waals surface area contributed by atoms with Crippen molar-refractivity contribution in [2.45, 2.75) is 149 Å². The van der Waals surface area contributed by atoms with E-state index in [-0.39, 0.29) is 5.91 Å². The first-order chi connectivity index (χ1) is 15.5. The van der Waals surface area contributed by atoms with Crippen molar-refractivity contribution in [3.63, 3.8) is 0 Å². The highest BCUT2D eigenvalue weighted by atomic mass is 16.1. The smallest absolute Gasteiger partial charge is 0.219 e. The lowest BCUT2D eigenvalue weighted by Crippen LogP contribution is -2.42. The van der Waals surface area contributed by atoms with Crippen molar-refractivity contribution in [3.8, 4) is 0 Å². The van der Waals surface area contributed by atoms with E-state index in [1.165, 1.54) is 122 Å². The standard InChI is InChI=1S/C29H60N2O/c1-5-7-9-11-13-14-15-16-17-19-21-23-27-31(3,4)28-24-26-30-29(32)25-22-20-18-12-10-8-6-2/h5-28H2,1-4H3/p+1. The number of hydrogen-bond acceptors (Lipinski definition) is 1. The van der Waals surface area contributed by atoms with E-state index in [0.717, 1.165) is 30.4 Å². The van der Waals surface area contributed by atoms with Crippen molar-refractivity contribution in [1.82, 2.24) is 5.32 Å². The number of nitrogens with one attached hydrogen (secondary N) is 1.